The highest BCUT2D eigenvalue weighted by molar-refractivity contribution is 5.14. The Bertz CT molecular complexity index is 357. The van der Waals surface area contributed by atoms with Gasteiger partial charge in [0.15, 0.2) is 0 Å². The van der Waals surface area contributed by atoms with E-state index in [1.807, 2.05) is 0 Å². The van der Waals surface area contributed by atoms with Gasteiger partial charge < -0.3 is 10.2 Å². The summed E-state index contributed by atoms with van der Waals surface area (Å²) in [6.07, 6.45) is 8.05. The molecule has 1 aromatic carbocycles. The molecule has 0 heterocycles. The summed E-state index contributed by atoms with van der Waals surface area (Å²) in [4.78, 5) is 2.55. The first-order valence-corrected chi connectivity index (χ1v) is 8.23. The highest BCUT2D eigenvalue weighted by Gasteiger charge is 2.18. The lowest BCUT2D eigenvalue weighted by Crippen LogP contribution is -2.38. The highest BCUT2D eigenvalue weighted by atomic mass is 15.1. The molecule has 1 aliphatic carbocycles. The van der Waals surface area contributed by atoms with Gasteiger partial charge in [-0.3, -0.25) is 0 Å². The molecule has 0 aromatic heterocycles. The van der Waals surface area contributed by atoms with Crippen LogP contribution in [0.5, 0.6) is 0 Å². The standard InChI is InChI=1S/C18H30N2/c1-16(12-13-17-8-4-3-5-9-17)19-14-15-20(2)18-10-6-7-11-18/h3-5,8-9,16,18-19H,6-7,10-15H2,1-2H3. The molecular weight excluding hydrogens is 244 g/mol. The molecule has 1 N–H and O–H groups in total. The first-order chi connectivity index (χ1) is 9.75. The zero-order valence-electron chi connectivity index (χ0n) is 13.1. The van der Waals surface area contributed by atoms with Crippen molar-refractivity contribution in [3.63, 3.8) is 0 Å². The fourth-order valence-electron chi connectivity index (χ4n) is 3.14. The van der Waals surface area contributed by atoms with E-state index in [1.54, 1.807) is 0 Å². The van der Waals surface area contributed by atoms with Crippen LogP contribution in [0.1, 0.15) is 44.6 Å². The second-order valence-electron chi connectivity index (χ2n) is 6.30. The molecule has 0 aliphatic heterocycles. The normalized spacial score (nSPS) is 17.8. The Balaban J connectivity index is 1.56. The maximum atomic E-state index is 3.67. The van der Waals surface area contributed by atoms with Crippen molar-refractivity contribution in [2.75, 3.05) is 20.1 Å². The predicted octanol–water partition coefficient (Wildman–Crippen LogP) is 3.47. The van der Waals surface area contributed by atoms with Gasteiger partial charge in [-0.25, -0.2) is 0 Å². The zero-order chi connectivity index (χ0) is 14.2. The Morgan fingerprint density at radius 3 is 2.60 bits per heavy atom. The number of rotatable bonds is 8. The van der Waals surface area contributed by atoms with Crippen LogP contribution < -0.4 is 5.32 Å². The minimum atomic E-state index is 0.604. The van der Waals surface area contributed by atoms with Gasteiger partial charge in [-0.1, -0.05) is 43.2 Å². The smallest absolute Gasteiger partial charge is 0.0107 e. The van der Waals surface area contributed by atoms with Crippen LogP contribution in [-0.4, -0.2) is 37.1 Å². The maximum absolute atomic E-state index is 3.67. The molecule has 1 aliphatic rings. The predicted molar refractivity (Wildman–Crippen MR) is 87.1 cm³/mol. The van der Waals surface area contributed by atoms with Crippen LogP contribution in [0.15, 0.2) is 30.3 Å². The lowest BCUT2D eigenvalue weighted by Gasteiger charge is -2.25. The summed E-state index contributed by atoms with van der Waals surface area (Å²) < 4.78 is 0. The number of benzene rings is 1. The van der Waals surface area contributed by atoms with E-state index in [0.717, 1.165) is 12.6 Å². The molecule has 0 saturated heterocycles. The Labute approximate surface area is 124 Å². The fourth-order valence-corrected chi connectivity index (χ4v) is 3.14. The molecule has 0 spiro atoms. The highest BCUT2D eigenvalue weighted by Crippen LogP contribution is 2.21. The van der Waals surface area contributed by atoms with E-state index in [9.17, 15) is 0 Å². The first-order valence-electron chi connectivity index (χ1n) is 8.23. The summed E-state index contributed by atoms with van der Waals surface area (Å²) in [7, 11) is 2.28. The van der Waals surface area contributed by atoms with E-state index >= 15 is 0 Å². The van der Waals surface area contributed by atoms with Crippen molar-refractivity contribution in [2.24, 2.45) is 0 Å². The Morgan fingerprint density at radius 2 is 1.90 bits per heavy atom. The third-order valence-corrected chi connectivity index (χ3v) is 4.61. The monoisotopic (exact) mass is 274 g/mol. The van der Waals surface area contributed by atoms with E-state index in [-0.39, 0.29) is 0 Å². The van der Waals surface area contributed by atoms with Gasteiger partial charge in [-0.2, -0.15) is 0 Å². The van der Waals surface area contributed by atoms with Crippen molar-refractivity contribution in [2.45, 2.75) is 57.5 Å². The number of likely N-dealkylation sites (N-methyl/N-ethyl adjacent to an activating group) is 1. The largest absolute Gasteiger partial charge is 0.313 e. The van der Waals surface area contributed by atoms with Crippen molar-refractivity contribution < 1.29 is 0 Å². The fraction of sp³-hybridized carbons (Fsp3) is 0.667. The molecule has 2 rings (SSSR count). The molecule has 2 nitrogen and oxygen atoms in total. The Morgan fingerprint density at radius 1 is 1.20 bits per heavy atom. The third-order valence-electron chi connectivity index (χ3n) is 4.61. The van der Waals surface area contributed by atoms with Crippen molar-refractivity contribution in [1.29, 1.82) is 0 Å². The number of hydrogen-bond acceptors (Lipinski definition) is 2. The topological polar surface area (TPSA) is 15.3 Å². The SMILES string of the molecule is CC(CCc1ccccc1)NCCN(C)C1CCCC1. The molecule has 1 unspecified atom stereocenters. The molecule has 0 bridgehead atoms. The van der Waals surface area contributed by atoms with Gasteiger partial charge in [0.25, 0.3) is 0 Å². The van der Waals surface area contributed by atoms with Gasteiger partial charge in [0, 0.05) is 25.2 Å². The van der Waals surface area contributed by atoms with Gasteiger partial charge in [-0.15, -0.1) is 0 Å². The second-order valence-corrected chi connectivity index (χ2v) is 6.30. The van der Waals surface area contributed by atoms with Crippen LogP contribution in [0.2, 0.25) is 0 Å². The molecule has 112 valence electrons. The summed E-state index contributed by atoms with van der Waals surface area (Å²) >= 11 is 0. The van der Waals surface area contributed by atoms with Gasteiger partial charge in [0.05, 0.1) is 0 Å². The summed E-state index contributed by atoms with van der Waals surface area (Å²) in [6.45, 7) is 4.60. The lowest BCUT2D eigenvalue weighted by atomic mass is 10.1. The van der Waals surface area contributed by atoms with E-state index in [2.05, 4.69) is 54.5 Å². The minimum absolute atomic E-state index is 0.604. The van der Waals surface area contributed by atoms with Crippen LogP contribution >= 0.6 is 0 Å². The molecular formula is C18H30N2. The molecule has 1 fully saturated rings. The zero-order valence-corrected chi connectivity index (χ0v) is 13.1. The number of hydrogen-bond donors (Lipinski definition) is 1. The van der Waals surface area contributed by atoms with Crippen LogP contribution in [0.25, 0.3) is 0 Å². The summed E-state index contributed by atoms with van der Waals surface area (Å²) in [5.74, 6) is 0. The number of nitrogens with one attached hydrogen (secondary N) is 1. The summed E-state index contributed by atoms with van der Waals surface area (Å²) in [6, 6.07) is 12.2. The van der Waals surface area contributed by atoms with Crippen LogP contribution in [0.4, 0.5) is 0 Å². The van der Waals surface area contributed by atoms with Crippen molar-refractivity contribution in [3.05, 3.63) is 35.9 Å². The van der Waals surface area contributed by atoms with E-state index < -0.39 is 0 Å². The molecule has 2 heteroatoms. The number of aryl methyl sites for hydroxylation is 1. The summed E-state index contributed by atoms with van der Waals surface area (Å²) in [5.41, 5.74) is 1.45. The van der Waals surface area contributed by atoms with Crippen molar-refractivity contribution in [1.82, 2.24) is 10.2 Å². The summed E-state index contributed by atoms with van der Waals surface area (Å²) in [5, 5.41) is 3.67. The van der Waals surface area contributed by atoms with Gasteiger partial charge >= 0.3 is 0 Å². The van der Waals surface area contributed by atoms with Crippen molar-refractivity contribution in [3.8, 4) is 0 Å². The van der Waals surface area contributed by atoms with E-state index in [4.69, 9.17) is 0 Å². The minimum Gasteiger partial charge on any atom is -0.313 e. The van der Waals surface area contributed by atoms with Crippen LogP contribution in [0, 0.1) is 0 Å². The molecule has 20 heavy (non-hydrogen) atoms. The quantitative estimate of drug-likeness (QED) is 0.781. The van der Waals surface area contributed by atoms with Gasteiger partial charge in [-0.05, 0) is 45.2 Å². The Kier molecular flexibility index (Phi) is 6.55. The third kappa shape index (κ3) is 5.26. The average Bonchev–Trinajstić information content (AvgIpc) is 3.00. The lowest BCUT2D eigenvalue weighted by molar-refractivity contribution is 0.242. The van der Waals surface area contributed by atoms with Crippen molar-refractivity contribution >= 4 is 0 Å². The Hall–Kier alpha value is -0.860. The molecule has 0 radical (unpaired) electrons. The number of nitrogens with zero attached hydrogens (tertiary/aromatic N) is 1. The molecule has 0 amide bonds. The molecule has 1 aromatic rings. The first kappa shape index (κ1) is 15.5. The van der Waals surface area contributed by atoms with Gasteiger partial charge in [0.2, 0.25) is 0 Å². The molecule has 1 atom stereocenters. The van der Waals surface area contributed by atoms with Crippen LogP contribution in [0.3, 0.4) is 0 Å². The molecule has 1 saturated carbocycles. The van der Waals surface area contributed by atoms with E-state index in [1.165, 1.54) is 50.6 Å². The maximum Gasteiger partial charge on any atom is 0.0107 e. The second kappa shape index (κ2) is 8.43. The van der Waals surface area contributed by atoms with E-state index in [0.29, 0.717) is 6.04 Å². The van der Waals surface area contributed by atoms with Crippen LogP contribution in [-0.2, 0) is 6.42 Å². The van der Waals surface area contributed by atoms with Gasteiger partial charge in [0.1, 0.15) is 0 Å². The average molecular weight is 274 g/mol.